The number of aliphatic hydroxyl groups excluding tert-OH is 1. The van der Waals surface area contributed by atoms with Crippen molar-refractivity contribution in [1.29, 1.82) is 0 Å². The van der Waals surface area contributed by atoms with Crippen LogP contribution in [0.1, 0.15) is 11.6 Å². The molecule has 0 bridgehead atoms. The first-order valence-electron chi connectivity index (χ1n) is 4.40. The molecule has 0 radical (unpaired) electrons. The van der Waals surface area contributed by atoms with E-state index in [1.165, 1.54) is 0 Å². The Morgan fingerprint density at radius 2 is 2.13 bits per heavy atom. The minimum atomic E-state index is -0.599. The normalized spacial score (nSPS) is 13.3. The van der Waals surface area contributed by atoms with Gasteiger partial charge in [-0.25, -0.2) is 0 Å². The van der Waals surface area contributed by atoms with E-state index in [1.807, 2.05) is 0 Å². The summed E-state index contributed by atoms with van der Waals surface area (Å²) in [5.41, 5.74) is 6.73. The number of halogens is 1. The summed E-state index contributed by atoms with van der Waals surface area (Å²) in [5, 5.41) is 19.4. The molecule has 0 aliphatic heterocycles. The van der Waals surface area contributed by atoms with Crippen molar-refractivity contribution in [3.63, 3.8) is 0 Å². The highest BCUT2D eigenvalue weighted by atomic mass is 79.9. The lowest BCUT2D eigenvalue weighted by molar-refractivity contribution is 0.265. The van der Waals surface area contributed by atoms with Gasteiger partial charge < -0.3 is 20.4 Å². The number of fused-ring (bicyclic) bond motifs is 1. The number of hydrogen-bond acceptors (Lipinski definition) is 4. The Bertz CT molecular complexity index is 495. The summed E-state index contributed by atoms with van der Waals surface area (Å²) in [6.45, 7) is -0.221. The fourth-order valence-electron chi connectivity index (χ4n) is 1.45. The third-order valence-corrected chi connectivity index (χ3v) is 2.62. The highest BCUT2D eigenvalue weighted by Crippen LogP contribution is 2.31. The van der Waals surface area contributed by atoms with Gasteiger partial charge in [0, 0.05) is 10.9 Å². The molecular formula is C10H10BrNO3. The molecule has 4 N–H and O–H groups in total. The maximum Gasteiger partial charge on any atom is 0.170 e. The highest BCUT2D eigenvalue weighted by Gasteiger charge is 2.13. The molecule has 0 amide bonds. The zero-order valence-corrected chi connectivity index (χ0v) is 9.36. The van der Waals surface area contributed by atoms with E-state index in [-0.39, 0.29) is 12.4 Å². The molecule has 1 heterocycles. The van der Waals surface area contributed by atoms with Crippen LogP contribution in [0.2, 0.25) is 0 Å². The minimum Gasteiger partial charge on any atom is -0.508 e. The second-order valence-corrected chi connectivity index (χ2v) is 4.07. The summed E-state index contributed by atoms with van der Waals surface area (Å²) in [7, 11) is 0. The van der Waals surface area contributed by atoms with Crippen molar-refractivity contribution < 1.29 is 14.6 Å². The van der Waals surface area contributed by atoms with Gasteiger partial charge in [-0.3, -0.25) is 0 Å². The number of furan rings is 1. The van der Waals surface area contributed by atoms with Gasteiger partial charge in [0.05, 0.1) is 12.6 Å². The Hall–Kier alpha value is -1.04. The van der Waals surface area contributed by atoms with Crippen molar-refractivity contribution in [1.82, 2.24) is 0 Å². The first kappa shape index (κ1) is 10.5. The number of nitrogens with two attached hydrogens (primary N) is 1. The zero-order valence-electron chi connectivity index (χ0n) is 7.77. The van der Waals surface area contributed by atoms with Crippen molar-refractivity contribution in [3.8, 4) is 5.75 Å². The lowest BCUT2D eigenvalue weighted by Crippen LogP contribution is -2.14. The van der Waals surface area contributed by atoms with E-state index in [0.29, 0.717) is 15.8 Å². The molecule has 15 heavy (non-hydrogen) atoms. The zero-order chi connectivity index (χ0) is 11.0. The van der Waals surface area contributed by atoms with Crippen molar-refractivity contribution in [2.24, 2.45) is 5.73 Å². The number of aromatic hydroxyl groups is 1. The molecule has 1 unspecified atom stereocenters. The van der Waals surface area contributed by atoms with Crippen LogP contribution in [0.4, 0.5) is 0 Å². The van der Waals surface area contributed by atoms with Crippen LogP contribution in [0.25, 0.3) is 11.0 Å². The van der Waals surface area contributed by atoms with E-state index < -0.39 is 6.04 Å². The second kappa shape index (κ2) is 3.84. The SMILES string of the molecule is NC(CO)c1cc2oc(Br)cc2cc1O. The third-order valence-electron chi connectivity index (χ3n) is 2.23. The lowest BCUT2D eigenvalue weighted by Gasteiger charge is -2.10. The predicted octanol–water partition coefficient (Wildman–Crippen LogP) is 1.89. The van der Waals surface area contributed by atoms with Gasteiger partial charge in [-0.2, -0.15) is 0 Å². The van der Waals surface area contributed by atoms with Crippen LogP contribution in [0.15, 0.2) is 27.3 Å². The number of rotatable bonds is 2. The maximum atomic E-state index is 9.67. The number of aliphatic hydroxyl groups is 1. The van der Waals surface area contributed by atoms with Crippen molar-refractivity contribution in [2.45, 2.75) is 6.04 Å². The van der Waals surface area contributed by atoms with Gasteiger partial charge in [-0.05, 0) is 34.1 Å². The van der Waals surface area contributed by atoms with Gasteiger partial charge in [0.15, 0.2) is 4.67 Å². The molecule has 0 aliphatic rings. The van der Waals surface area contributed by atoms with E-state index in [4.69, 9.17) is 15.3 Å². The lowest BCUT2D eigenvalue weighted by atomic mass is 10.1. The van der Waals surface area contributed by atoms with Crippen molar-refractivity contribution in [2.75, 3.05) is 6.61 Å². The summed E-state index contributed by atoms with van der Waals surface area (Å²) in [6.07, 6.45) is 0. The summed E-state index contributed by atoms with van der Waals surface area (Å²) in [4.78, 5) is 0. The van der Waals surface area contributed by atoms with E-state index >= 15 is 0 Å². The van der Waals surface area contributed by atoms with Crippen LogP contribution in [0, 0.1) is 0 Å². The van der Waals surface area contributed by atoms with Gasteiger partial charge in [-0.15, -0.1) is 0 Å². The molecule has 80 valence electrons. The molecule has 1 aromatic heterocycles. The van der Waals surface area contributed by atoms with E-state index in [1.54, 1.807) is 18.2 Å². The maximum absolute atomic E-state index is 9.67. The predicted molar refractivity (Wildman–Crippen MR) is 59.6 cm³/mol. The molecule has 0 saturated heterocycles. The molecule has 1 atom stereocenters. The van der Waals surface area contributed by atoms with E-state index in [9.17, 15) is 5.11 Å². The average Bonchev–Trinajstić information content (AvgIpc) is 2.55. The summed E-state index contributed by atoms with van der Waals surface area (Å²) in [5.74, 6) is 0.0670. The largest absolute Gasteiger partial charge is 0.508 e. The summed E-state index contributed by atoms with van der Waals surface area (Å²) < 4.78 is 5.92. The molecule has 0 spiro atoms. The molecule has 5 heteroatoms. The molecule has 2 aromatic rings. The van der Waals surface area contributed by atoms with E-state index in [2.05, 4.69) is 15.9 Å². The number of hydrogen-bond donors (Lipinski definition) is 3. The van der Waals surface area contributed by atoms with Crippen LogP contribution in [-0.4, -0.2) is 16.8 Å². The monoisotopic (exact) mass is 271 g/mol. The standard InChI is InChI=1S/C10H10BrNO3/c11-10-2-5-1-8(14)6(7(12)4-13)3-9(5)15-10/h1-3,7,13-14H,4,12H2. The summed E-state index contributed by atoms with van der Waals surface area (Å²) in [6, 6.07) is 4.35. The van der Waals surface area contributed by atoms with E-state index in [0.717, 1.165) is 5.39 Å². The average molecular weight is 272 g/mol. The molecule has 1 aromatic carbocycles. The van der Waals surface area contributed by atoms with Crippen molar-refractivity contribution in [3.05, 3.63) is 28.4 Å². The molecule has 0 aliphatic carbocycles. The first-order chi connectivity index (χ1) is 7.11. The van der Waals surface area contributed by atoms with Crippen molar-refractivity contribution >= 4 is 26.9 Å². The Labute approximate surface area is 94.4 Å². The molecule has 2 rings (SSSR count). The van der Waals surface area contributed by atoms with Gasteiger partial charge >= 0.3 is 0 Å². The van der Waals surface area contributed by atoms with Gasteiger partial charge in [0.25, 0.3) is 0 Å². The fraction of sp³-hybridized carbons (Fsp3) is 0.200. The fourth-order valence-corrected chi connectivity index (χ4v) is 1.87. The topological polar surface area (TPSA) is 79.6 Å². The molecule has 0 fully saturated rings. The Kier molecular flexibility index (Phi) is 2.68. The summed E-state index contributed by atoms with van der Waals surface area (Å²) >= 11 is 3.20. The van der Waals surface area contributed by atoms with Crippen LogP contribution >= 0.6 is 15.9 Å². The van der Waals surface area contributed by atoms with Crippen LogP contribution in [0.5, 0.6) is 5.75 Å². The second-order valence-electron chi connectivity index (χ2n) is 3.29. The molecular weight excluding hydrogens is 262 g/mol. The smallest absolute Gasteiger partial charge is 0.170 e. The van der Waals surface area contributed by atoms with Gasteiger partial charge in [0.2, 0.25) is 0 Å². The quantitative estimate of drug-likeness (QED) is 0.780. The van der Waals surface area contributed by atoms with Crippen LogP contribution in [0.3, 0.4) is 0 Å². The van der Waals surface area contributed by atoms with Crippen LogP contribution < -0.4 is 5.73 Å². The Morgan fingerprint density at radius 3 is 2.80 bits per heavy atom. The number of benzene rings is 1. The van der Waals surface area contributed by atoms with Gasteiger partial charge in [0.1, 0.15) is 11.3 Å². The Balaban J connectivity index is 2.60. The number of phenolic OH excluding ortho intramolecular Hbond substituents is 1. The minimum absolute atomic E-state index is 0.0670. The highest BCUT2D eigenvalue weighted by molar-refractivity contribution is 9.10. The number of phenols is 1. The van der Waals surface area contributed by atoms with Crippen LogP contribution in [-0.2, 0) is 0 Å². The molecule has 0 saturated carbocycles. The third kappa shape index (κ3) is 1.86. The molecule has 4 nitrogen and oxygen atoms in total. The Morgan fingerprint density at radius 1 is 1.40 bits per heavy atom. The van der Waals surface area contributed by atoms with Gasteiger partial charge in [-0.1, -0.05) is 0 Å². The first-order valence-corrected chi connectivity index (χ1v) is 5.19.